The lowest BCUT2D eigenvalue weighted by Gasteiger charge is -2.30. The molecule has 0 spiro atoms. The van der Waals surface area contributed by atoms with Crippen molar-refractivity contribution in [1.29, 1.82) is 0 Å². The normalized spacial score (nSPS) is 28.4. The Balaban J connectivity index is 1.66. The largest absolute Gasteiger partial charge is 0.395 e. The van der Waals surface area contributed by atoms with E-state index in [9.17, 15) is 5.11 Å². The molecule has 2 aliphatic heterocycles. The first-order valence-electron chi connectivity index (χ1n) is 7.19. The van der Waals surface area contributed by atoms with Crippen molar-refractivity contribution in [3.05, 3.63) is 5.01 Å². The molecule has 1 N–H and O–H groups in total. The second-order valence-electron chi connectivity index (χ2n) is 5.57. The number of hydrogen-bond donors (Lipinski definition) is 1. The number of rotatable bonds is 4. The van der Waals surface area contributed by atoms with Gasteiger partial charge >= 0.3 is 0 Å². The van der Waals surface area contributed by atoms with Crippen molar-refractivity contribution < 1.29 is 5.11 Å². The third-order valence-corrected chi connectivity index (χ3v) is 5.17. The van der Waals surface area contributed by atoms with Crippen LogP contribution in [0.3, 0.4) is 0 Å². The van der Waals surface area contributed by atoms with Crippen molar-refractivity contribution >= 4 is 16.5 Å². The fourth-order valence-corrected chi connectivity index (χ4v) is 4.08. The summed E-state index contributed by atoms with van der Waals surface area (Å²) >= 11 is 1.69. The number of hydrogen-bond acceptors (Lipinski definition) is 6. The van der Waals surface area contributed by atoms with Crippen LogP contribution < -0.4 is 4.90 Å². The van der Waals surface area contributed by atoms with Gasteiger partial charge in [0.2, 0.25) is 5.13 Å². The summed E-state index contributed by atoms with van der Waals surface area (Å²) in [5.74, 6) is 0. The quantitative estimate of drug-likeness (QED) is 0.901. The molecule has 2 unspecified atom stereocenters. The van der Waals surface area contributed by atoms with Crippen molar-refractivity contribution in [3.63, 3.8) is 0 Å². The molecule has 5 nitrogen and oxygen atoms in total. The Bertz CT molecular complexity index is 425. The summed E-state index contributed by atoms with van der Waals surface area (Å²) in [4.78, 5) is 4.87. The van der Waals surface area contributed by atoms with Gasteiger partial charge in [0.25, 0.3) is 0 Å². The Morgan fingerprint density at radius 1 is 1.21 bits per heavy atom. The van der Waals surface area contributed by atoms with Crippen LogP contribution in [0.2, 0.25) is 0 Å². The van der Waals surface area contributed by atoms with E-state index in [1.165, 1.54) is 19.3 Å². The molecule has 3 rings (SSSR count). The molecule has 0 aromatic carbocycles. The van der Waals surface area contributed by atoms with Gasteiger partial charge in [-0.15, -0.1) is 10.2 Å². The standard InChI is InChI=1S/C13H22N4OS/c1-10-14-15-13(19-10)17-7-3-4-11(17)8-16-6-2-5-12(16)9-18/h11-12,18H,2-9H2,1H3. The third kappa shape index (κ3) is 2.75. The Morgan fingerprint density at radius 3 is 2.74 bits per heavy atom. The van der Waals surface area contributed by atoms with Crippen LogP contribution >= 0.6 is 11.3 Å². The van der Waals surface area contributed by atoms with Crippen LogP contribution in [-0.2, 0) is 0 Å². The molecule has 0 amide bonds. The molecule has 6 heteroatoms. The molecule has 2 atom stereocenters. The van der Waals surface area contributed by atoms with Gasteiger partial charge in [0.05, 0.1) is 6.61 Å². The lowest BCUT2D eigenvalue weighted by molar-refractivity contribution is 0.153. The second kappa shape index (κ2) is 5.73. The molecule has 1 aromatic rings. The fourth-order valence-electron chi connectivity index (χ4n) is 3.29. The smallest absolute Gasteiger partial charge is 0.208 e. The molecule has 2 saturated heterocycles. The van der Waals surface area contributed by atoms with E-state index in [4.69, 9.17) is 0 Å². The van der Waals surface area contributed by atoms with Crippen LogP contribution in [0.5, 0.6) is 0 Å². The number of nitrogens with zero attached hydrogens (tertiary/aromatic N) is 4. The second-order valence-corrected chi connectivity index (χ2v) is 6.73. The summed E-state index contributed by atoms with van der Waals surface area (Å²) in [6.45, 7) is 5.59. The minimum absolute atomic E-state index is 0.296. The Hall–Kier alpha value is -0.720. The molecule has 0 bridgehead atoms. The van der Waals surface area contributed by atoms with Gasteiger partial charge in [0.15, 0.2) is 0 Å². The van der Waals surface area contributed by atoms with Crippen LogP contribution in [0.4, 0.5) is 5.13 Å². The zero-order valence-corrected chi connectivity index (χ0v) is 12.3. The highest BCUT2D eigenvalue weighted by Crippen LogP contribution is 2.29. The Labute approximate surface area is 118 Å². The van der Waals surface area contributed by atoms with Gasteiger partial charge in [-0.05, 0) is 39.2 Å². The third-order valence-electron chi connectivity index (χ3n) is 4.29. The summed E-state index contributed by atoms with van der Waals surface area (Å²) < 4.78 is 0. The molecule has 3 heterocycles. The molecule has 0 saturated carbocycles. The monoisotopic (exact) mass is 282 g/mol. The predicted octanol–water partition coefficient (Wildman–Crippen LogP) is 1.27. The summed E-state index contributed by atoms with van der Waals surface area (Å²) in [6.07, 6.45) is 4.82. The minimum atomic E-state index is 0.296. The van der Waals surface area contributed by atoms with Gasteiger partial charge in [-0.25, -0.2) is 0 Å². The summed E-state index contributed by atoms with van der Waals surface area (Å²) in [6, 6.07) is 0.915. The van der Waals surface area contributed by atoms with Crippen LogP contribution in [0, 0.1) is 6.92 Å². The van der Waals surface area contributed by atoms with Gasteiger partial charge < -0.3 is 10.0 Å². The van der Waals surface area contributed by atoms with Gasteiger partial charge in [0, 0.05) is 25.2 Å². The summed E-state index contributed by atoms with van der Waals surface area (Å²) in [7, 11) is 0. The lowest BCUT2D eigenvalue weighted by Crippen LogP contribution is -2.43. The average molecular weight is 282 g/mol. The molecule has 19 heavy (non-hydrogen) atoms. The zero-order chi connectivity index (χ0) is 13.2. The molecular weight excluding hydrogens is 260 g/mol. The maximum atomic E-state index is 9.42. The van der Waals surface area contributed by atoms with Gasteiger partial charge in [-0.1, -0.05) is 11.3 Å². The van der Waals surface area contributed by atoms with E-state index in [0.717, 1.165) is 36.2 Å². The molecule has 1 aromatic heterocycles. The number of anilines is 1. The first kappa shape index (κ1) is 13.3. The highest BCUT2D eigenvalue weighted by molar-refractivity contribution is 7.15. The number of likely N-dealkylation sites (tertiary alicyclic amines) is 1. The SMILES string of the molecule is Cc1nnc(N2CCCC2CN2CCCC2CO)s1. The van der Waals surface area contributed by atoms with Crippen molar-refractivity contribution in [2.45, 2.75) is 44.7 Å². The van der Waals surface area contributed by atoms with Crippen molar-refractivity contribution in [2.75, 3.05) is 31.1 Å². The zero-order valence-electron chi connectivity index (χ0n) is 11.5. The first-order valence-corrected chi connectivity index (χ1v) is 8.01. The van der Waals surface area contributed by atoms with E-state index < -0.39 is 0 Å². The van der Waals surface area contributed by atoms with E-state index in [1.54, 1.807) is 11.3 Å². The molecule has 2 aliphatic rings. The summed E-state index contributed by atoms with van der Waals surface area (Å²) in [5.41, 5.74) is 0. The number of aliphatic hydroxyl groups is 1. The van der Waals surface area contributed by atoms with Gasteiger partial charge in [-0.2, -0.15) is 0 Å². The van der Waals surface area contributed by atoms with Crippen LogP contribution in [0.15, 0.2) is 0 Å². The predicted molar refractivity (Wildman–Crippen MR) is 76.7 cm³/mol. The average Bonchev–Trinajstić information content (AvgIpc) is 3.10. The van der Waals surface area contributed by atoms with Crippen LogP contribution in [-0.4, -0.2) is 58.5 Å². The highest BCUT2D eigenvalue weighted by atomic mass is 32.1. The fraction of sp³-hybridized carbons (Fsp3) is 0.846. The van der Waals surface area contributed by atoms with E-state index in [0.29, 0.717) is 18.7 Å². The minimum Gasteiger partial charge on any atom is -0.395 e. The van der Waals surface area contributed by atoms with E-state index in [-0.39, 0.29) is 0 Å². The molecule has 2 fully saturated rings. The number of aryl methyl sites for hydroxylation is 1. The maximum absolute atomic E-state index is 9.42. The number of aromatic nitrogens is 2. The van der Waals surface area contributed by atoms with E-state index in [2.05, 4.69) is 20.0 Å². The van der Waals surface area contributed by atoms with Crippen molar-refractivity contribution in [1.82, 2.24) is 15.1 Å². The van der Waals surface area contributed by atoms with Crippen molar-refractivity contribution in [3.8, 4) is 0 Å². The Kier molecular flexibility index (Phi) is 4.00. The van der Waals surface area contributed by atoms with Gasteiger partial charge in [-0.3, -0.25) is 4.90 Å². The Morgan fingerprint density at radius 2 is 2.00 bits per heavy atom. The topological polar surface area (TPSA) is 52.5 Å². The lowest BCUT2D eigenvalue weighted by atomic mass is 10.2. The summed E-state index contributed by atoms with van der Waals surface area (Å²) in [5, 5.41) is 19.9. The van der Waals surface area contributed by atoms with E-state index >= 15 is 0 Å². The molecule has 0 radical (unpaired) electrons. The highest BCUT2D eigenvalue weighted by Gasteiger charge is 2.32. The maximum Gasteiger partial charge on any atom is 0.208 e. The van der Waals surface area contributed by atoms with Crippen molar-refractivity contribution in [2.24, 2.45) is 0 Å². The van der Waals surface area contributed by atoms with Gasteiger partial charge in [0.1, 0.15) is 5.01 Å². The van der Waals surface area contributed by atoms with Crippen LogP contribution in [0.25, 0.3) is 0 Å². The first-order chi connectivity index (χ1) is 9.28. The van der Waals surface area contributed by atoms with E-state index in [1.807, 2.05) is 6.92 Å². The number of aliphatic hydroxyl groups excluding tert-OH is 1. The molecular formula is C13H22N4OS. The van der Waals surface area contributed by atoms with Crippen LogP contribution in [0.1, 0.15) is 30.7 Å². The molecule has 106 valence electrons. The molecule has 0 aliphatic carbocycles.